The van der Waals surface area contributed by atoms with Crippen molar-refractivity contribution in [1.82, 2.24) is 10.3 Å². The molecule has 2 aromatic heterocycles. The maximum absolute atomic E-state index is 11.9. The van der Waals surface area contributed by atoms with Crippen LogP contribution in [-0.4, -0.2) is 23.2 Å². The number of thiazole rings is 1. The minimum Gasteiger partial charge on any atom is -0.356 e. The molecule has 1 aromatic carbocycles. The second kappa shape index (κ2) is 7.88. The fraction of sp³-hybridized carbons (Fsp3) is 0.235. The molecule has 0 radical (unpaired) electrons. The Bertz CT molecular complexity index is 839. The van der Waals surface area contributed by atoms with Gasteiger partial charge in [-0.1, -0.05) is 23.7 Å². The van der Waals surface area contributed by atoms with Crippen molar-refractivity contribution in [3.63, 3.8) is 0 Å². The fourth-order valence-corrected chi connectivity index (χ4v) is 4.22. The van der Waals surface area contributed by atoms with Crippen LogP contribution in [0.25, 0.3) is 10.2 Å². The Labute approximate surface area is 152 Å². The van der Waals surface area contributed by atoms with Gasteiger partial charge in [-0.05, 0) is 24.3 Å². The number of halogens is 1. The van der Waals surface area contributed by atoms with Crippen molar-refractivity contribution in [2.75, 3.05) is 6.54 Å². The Hall–Kier alpha value is -1.76. The number of thiophene rings is 1. The molecule has 0 saturated heterocycles. The average Bonchev–Trinajstić information content (AvgIpc) is 3.18. The van der Waals surface area contributed by atoms with Crippen molar-refractivity contribution in [1.29, 1.82) is 0 Å². The average molecular weight is 379 g/mol. The highest BCUT2D eigenvalue weighted by Gasteiger charge is 2.11. The largest absolute Gasteiger partial charge is 0.356 e. The molecule has 0 aliphatic heterocycles. The number of nitrogens with zero attached hydrogens (tertiary/aromatic N) is 1. The van der Waals surface area contributed by atoms with Gasteiger partial charge < -0.3 is 5.32 Å². The second-order valence-electron chi connectivity index (χ2n) is 5.20. The number of fused-ring (bicyclic) bond motifs is 1. The second-order valence-corrected chi connectivity index (χ2v) is 8.03. The number of benzene rings is 1. The molecular formula is C17H15ClN2O2S2. The van der Waals surface area contributed by atoms with Crippen LogP contribution in [0.4, 0.5) is 0 Å². The number of hydrogen-bond donors (Lipinski definition) is 1. The van der Waals surface area contributed by atoms with Gasteiger partial charge >= 0.3 is 0 Å². The van der Waals surface area contributed by atoms with Crippen molar-refractivity contribution in [3.05, 3.63) is 50.6 Å². The zero-order valence-electron chi connectivity index (χ0n) is 12.8. The van der Waals surface area contributed by atoms with E-state index in [9.17, 15) is 9.59 Å². The predicted octanol–water partition coefficient (Wildman–Crippen LogP) is 4.33. The summed E-state index contributed by atoms with van der Waals surface area (Å²) in [5, 5.41) is 3.84. The van der Waals surface area contributed by atoms with Gasteiger partial charge in [0, 0.05) is 25.8 Å². The van der Waals surface area contributed by atoms with Gasteiger partial charge in [0.1, 0.15) is 0 Å². The molecule has 3 rings (SSSR count). The lowest BCUT2D eigenvalue weighted by atomic mass is 10.2. The van der Waals surface area contributed by atoms with Crippen LogP contribution in [-0.2, 0) is 11.2 Å². The SMILES string of the molecule is O=C(CCC(=O)c1ccc(Cl)s1)NCCc1nc2ccccc2s1. The summed E-state index contributed by atoms with van der Waals surface area (Å²) in [5.41, 5.74) is 0.990. The van der Waals surface area contributed by atoms with Crippen LogP contribution in [0.5, 0.6) is 0 Å². The number of ketones is 1. The van der Waals surface area contributed by atoms with Crippen LogP contribution in [0.1, 0.15) is 27.5 Å². The number of para-hydroxylation sites is 1. The maximum Gasteiger partial charge on any atom is 0.220 e. The lowest BCUT2D eigenvalue weighted by Crippen LogP contribution is -2.25. The van der Waals surface area contributed by atoms with E-state index in [0.717, 1.165) is 15.2 Å². The molecule has 2 heterocycles. The fourth-order valence-electron chi connectivity index (χ4n) is 2.24. The van der Waals surface area contributed by atoms with Crippen molar-refractivity contribution >= 4 is 56.2 Å². The third kappa shape index (κ3) is 4.41. The Morgan fingerprint density at radius 1 is 1.08 bits per heavy atom. The third-order valence-electron chi connectivity index (χ3n) is 3.43. The van der Waals surface area contributed by atoms with E-state index in [-0.39, 0.29) is 24.5 Å². The predicted molar refractivity (Wildman–Crippen MR) is 99.2 cm³/mol. The number of hydrogen-bond acceptors (Lipinski definition) is 5. The van der Waals surface area contributed by atoms with E-state index in [2.05, 4.69) is 10.3 Å². The minimum absolute atomic E-state index is 0.0479. The number of amides is 1. The monoisotopic (exact) mass is 378 g/mol. The van der Waals surface area contributed by atoms with Gasteiger partial charge in [0.15, 0.2) is 5.78 Å². The molecule has 3 aromatic rings. The highest BCUT2D eigenvalue weighted by molar-refractivity contribution is 7.18. The Kier molecular flexibility index (Phi) is 5.60. The lowest BCUT2D eigenvalue weighted by Gasteiger charge is -2.03. The van der Waals surface area contributed by atoms with Crippen LogP contribution < -0.4 is 5.32 Å². The van der Waals surface area contributed by atoms with Crippen molar-refractivity contribution in [3.8, 4) is 0 Å². The summed E-state index contributed by atoms with van der Waals surface area (Å²) in [6, 6.07) is 11.4. The van der Waals surface area contributed by atoms with Gasteiger partial charge in [0.2, 0.25) is 5.91 Å². The van der Waals surface area contributed by atoms with Crippen LogP contribution in [0, 0.1) is 0 Å². The van der Waals surface area contributed by atoms with E-state index in [1.54, 1.807) is 23.5 Å². The van der Waals surface area contributed by atoms with Gasteiger partial charge in [0.25, 0.3) is 0 Å². The first kappa shape index (κ1) is 17.1. The quantitative estimate of drug-likeness (QED) is 0.622. The van der Waals surface area contributed by atoms with Crippen LogP contribution in [0.2, 0.25) is 4.34 Å². The van der Waals surface area contributed by atoms with Crippen molar-refractivity contribution in [2.24, 2.45) is 0 Å². The molecule has 124 valence electrons. The van der Waals surface area contributed by atoms with E-state index in [4.69, 9.17) is 11.6 Å². The molecule has 7 heteroatoms. The molecular weight excluding hydrogens is 364 g/mol. The van der Waals surface area contributed by atoms with E-state index in [1.807, 2.05) is 24.3 Å². The molecule has 0 fully saturated rings. The molecule has 0 spiro atoms. The Balaban J connectivity index is 1.41. The summed E-state index contributed by atoms with van der Waals surface area (Å²) in [4.78, 5) is 28.9. The molecule has 24 heavy (non-hydrogen) atoms. The van der Waals surface area contributed by atoms with Gasteiger partial charge in [0.05, 0.1) is 24.4 Å². The maximum atomic E-state index is 11.9. The van der Waals surface area contributed by atoms with E-state index >= 15 is 0 Å². The first-order valence-corrected chi connectivity index (χ1v) is 9.52. The normalized spacial score (nSPS) is 10.9. The molecule has 4 nitrogen and oxygen atoms in total. The molecule has 0 atom stereocenters. The first-order chi connectivity index (χ1) is 11.6. The number of nitrogens with one attached hydrogen (secondary N) is 1. The third-order valence-corrected chi connectivity index (χ3v) is 5.79. The summed E-state index contributed by atoms with van der Waals surface area (Å²) in [6.45, 7) is 0.525. The van der Waals surface area contributed by atoms with Crippen LogP contribution >= 0.6 is 34.3 Å². The molecule has 0 aliphatic carbocycles. The number of carbonyl (C=O) groups excluding carboxylic acids is 2. The molecule has 1 N–H and O–H groups in total. The van der Waals surface area contributed by atoms with Gasteiger partial charge in [-0.15, -0.1) is 22.7 Å². The molecule has 1 amide bonds. The van der Waals surface area contributed by atoms with E-state index in [1.165, 1.54) is 11.3 Å². The smallest absolute Gasteiger partial charge is 0.220 e. The molecule has 0 saturated carbocycles. The van der Waals surface area contributed by atoms with Crippen LogP contribution in [0.3, 0.4) is 0 Å². The Morgan fingerprint density at radius 3 is 2.67 bits per heavy atom. The summed E-state index contributed by atoms with van der Waals surface area (Å²) in [6.07, 6.45) is 1.08. The number of rotatable bonds is 7. The zero-order chi connectivity index (χ0) is 16.9. The standard InChI is InChI=1S/C17H15ClN2O2S2/c18-15-7-6-14(23-15)12(21)5-8-16(22)19-10-9-17-20-11-3-1-2-4-13(11)24-17/h1-4,6-7H,5,8-10H2,(H,19,22). The summed E-state index contributed by atoms with van der Waals surface area (Å²) < 4.78 is 1.73. The number of carbonyl (C=O) groups is 2. The minimum atomic E-state index is -0.118. The summed E-state index contributed by atoms with van der Waals surface area (Å²) >= 11 is 8.69. The number of Topliss-reactive ketones (excluding diaryl/α,β-unsaturated/α-hetero) is 1. The topological polar surface area (TPSA) is 59.1 Å². The van der Waals surface area contributed by atoms with Gasteiger partial charge in [-0.25, -0.2) is 4.98 Å². The Morgan fingerprint density at radius 2 is 1.92 bits per heavy atom. The summed E-state index contributed by atoms with van der Waals surface area (Å²) in [5.74, 6) is -0.166. The lowest BCUT2D eigenvalue weighted by molar-refractivity contribution is -0.121. The van der Waals surface area contributed by atoms with Gasteiger partial charge in [-0.3, -0.25) is 9.59 Å². The molecule has 0 aliphatic rings. The van der Waals surface area contributed by atoms with Crippen molar-refractivity contribution < 1.29 is 9.59 Å². The van der Waals surface area contributed by atoms with Crippen LogP contribution in [0.15, 0.2) is 36.4 Å². The number of aromatic nitrogens is 1. The van der Waals surface area contributed by atoms with E-state index in [0.29, 0.717) is 22.2 Å². The van der Waals surface area contributed by atoms with E-state index < -0.39 is 0 Å². The van der Waals surface area contributed by atoms with Crippen molar-refractivity contribution in [2.45, 2.75) is 19.3 Å². The zero-order valence-corrected chi connectivity index (χ0v) is 15.1. The highest BCUT2D eigenvalue weighted by Crippen LogP contribution is 2.23. The molecule has 0 unspecified atom stereocenters. The van der Waals surface area contributed by atoms with Gasteiger partial charge in [-0.2, -0.15) is 0 Å². The molecule has 0 bridgehead atoms. The highest BCUT2D eigenvalue weighted by atomic mass is 35.5. The summed E-state index contributed by atoms with van der Waals surface area (Å²) in [7, 11) is 0. The first-order valence-electron chi connectivity index (χ1n) is 7.51.